The van der Waals surface area contributed by atoms with Crippen molar-refractivity contribution in [1.29, 1.82) is 0 Å². The van der Waals surface area contributed by atoms with E-state index in [0.29, 0.717) is 44.1 Å². The van der Waals surface area contributed by atoms with Gasteiger partial charge in [-0.25, -0.2) is 9.59 Å². The maximum Gasteiger partial charge on any atom is 0.335 e. The topological polar surface area (TPSA) is 208 Å². The summed E-state index contributed by atoms with van der Waals surface area (Å²) in [5.41, 5.74) is 10.4. The van der Waals surface area contributed by atoms with Crippen molar-refractivity contribution in [2.75, 3.05) is 6.54 Å². The number of nitrogens with zero attached hydrogens (tertiary/aromatic N) is 1. The van der Waals surface area contributed by atoms with Gasteiger partial charge in [0.15, 0.2) is 5.96 Å². The molecule has 0 saturated heterocycles. The van der Waals surface area contributed by atoms with Crippen LogP contribution in [0.5, 0.6) is 0 Å². The number of carboxylic acid groups (broad SMARTS) is 1. The fourth-order valence-corrected chi connectivity index (χ4v) is 10.6. The Morgan fingerprint density at radius 3 is 2.44 bits per heavy atom. The van der Waals surface area contributed by atoms with Crippen molar-refractivity contribution in [3.63, 3.8) is 0 Å². The molecule has 9 atom stereocenters. The first-order valence-electron chi connectivity index (χ1n) is 18.8. The number of rotatable bonds is 15. The van der Waals surface area contributed by atoms with E-state index in [0.717, 1.165) is 76.2 Å². The molecule has 1 aromatic rings. The second-order valence-corrected chi connectivity index (χ2v) is 16.1. The largest absolute Gasteiger partial charge is 0.480 e. The quantitative estimate of drug-likeness (QED) is 0.0735. The van der Waals surface area contributed by atoms with Crippen molar-refractivity contribution >= 4 is 23.8 Å². The van der Waals surface area contributed by atoms with Crippen molar-refractivity contribution in [3.8, 4) is 0 Å². The molecule has 0 aromatic carbocycles. The van der Waals surface area contributed by atoms with Gasteiger partial charge in [0.2, 0.25) is 5.91 Å². The summed E-state index contributed by atoms with van der Waals surface area (Å²) in [6, 6.07) is 2.40. The van der Waals surface area contributed by atoms with Crippen LogP contribution in [0.4, 0.5) is 0 Å². The number of aliphatic imine (C=N–C) groups is 1. The number of guanidine groups is 1. The third-order valence-electron chi connectivity index (χ3n) is 13.3. The molecule has 0 bridgehead atoms. The Hall–Kier alpha value is -3.41. The molecule has 12 heteroatoms. The third-order valence-corrected chi connectivity index (χ3v) is 13.3. The van der Waals surface area contributed by atoms with Crippen LogP contribution in [0.2, 0.25) is 0 Å². The Balaban J connectivity index is 1.02. The van der Waals surface area contributed by atoms with Gasteiger partial charge in [0.25, 0.3) is 0 Å². The summed E-state index contributed by atoms with van der Waals surface area (Å²) in [6.45, 7) is 4.98. The number of hydrogen-bond donors (Lipinski definition) is 5. The number of hydrogen-bond acceptors (Lipinski definition) is 8. The maximum absolute atomic E-state index is 12.8. The molecule has 4 saturated carbocycles. The van der Waals surface area contributed by atoms with E-state index < -0.39 is 17.6 Å². The maximum atomic E-state index is 12.8. The molecule has 4 aliphatic carbocycles. The van der Waals surface area contributed by atoms with Gasteiger partial charge in [0, 0.05) is 30.9 Å². The van der Waals surface area contributed by atoms with Crippen LogP contribution in [0, 0.1) is 28.6 Å². The van der Waals surface area contributed by atoms with Crippen LogP contribution in [0.1, 0.15) is 134 Å². The van der Waals surface area contributed by atoms with E-state index in [-0.39, 0.29) is 65.1 Å². The lowest BCUT2D eigenvalue weighted by Crippen LogP contribution is -2.62. The Labute approximate surface area is 295 Å². The lowest BCUT2D eigenvalue weighted by molar-refractivity contribution is -0.207. The van der Waals surface area contributed by atoms with Gasteiger partial charge in [-0.15, -0.1) is 0 Å². The molecule has 12 nitrogen and oxygen atoms in total. The molecule has 5 rings (SSSR count). The predicted octanol–water partition coefficient (Wildman–Crippen LogP) is 4.76. The fraction of sp³-hybridized carbons (Fsp3) is 0.763. The number of nitrogens with two attached hydrogens (primary N) is 2. The first-order valence-corrected chi connectivity index (χ1v) is 18.8. The summed E-state index contributed by atoms with van der Waals surface area (Å²) in [5.74, 6) is -0.271. The molecule has 4 aliphatic rings. The molecule has 0 unspecified atom stereocenters. The number of unbranched alkanes of at least 4 members (excludes halogenated alkanes) is 3. The van der Waals surface area contributed by atoms with Crippen LogP contribution < -0.4 is 22.4 Å². The minimum atomic E-state index is -1.09. The Bertz CT molecular complexity index is 1440. The molecule has 278 valence electrons. The van der Waals surface area contributed by atoms with E-state index in [4.69, 9.17) is 20.6 Å². The van der Waals surface area contributed by atoms with Gasteiger partial charge in [-0.05, 0) is 124 Å². The number of aliphatic hydroxyl groups is 1. The zero-order chi connectivity index (χ0) is 36.1. The number of carbonyl (C=O) groups is 3. The van der Waals surface area contributed by atoms with E-state index in [1.807, 2.05) is 6.07 Å². The highest BCUT2D eigenvalue weighted by Gasteiger charge is 2.67. The van der Waals surface area contributed by atoms with Gasteiger partial charge >= 0.3 is 17.6 Å². The number of amides is 1. The SMILES string of the molecule is C[C@]12CC[C@H](OC(=O)CCCCCCC(=O)N[C@@H](CCCN=C(N)N)C(=O)O)C[C@H]1CC[C@H]1[C@H]2CC[C@]2(C)[C@@H](c3ccc(=O)oc3)CC[C@]12O. The summed E-state index contributed by atoms with van der Waals surface area (Å²) < 4.78 is 11.2. The van der Waals surface area contributed by atoms with Crippen LogP contribution in [-0.2, 0) is 19.1 Å². The summed E-state index contributed by atoms with van der Waals surface area (Å²) in [5, 5.41) is 24.4. The van der Waals surface area contributed by atoms with Crippen LogP contribution in [0.3, 0.4) is 0 Å². The molecular weight excluding hydrogens is 640 g/mol. The van der Waals surface area contributed by atoms with E-state index in [1.54, 1.807) is 6.26 Å². The highest BCUT2D eigenvalue weighted by atomic mass is 16.5. The van der Waals surface area contributed by atoms with Crippen LogP contribution in [0.15, 0.2) is 32.6 Å². The summed E-state index contributed by atoms with van der Waals surface area (Å²) >= 11 is 0. The number of nitrogens with one attached hydrogen (secondary N) is 1. The molecule has 1 aromatic heterocycles. The second kappa shape index (κ2) is 15.9. The van der Waals surface area contributed by atoms with Gasteiger partial charge in [-0.2, -0.15) is 0 Å². The Kier molecular flexibility index (Phi) is 12.0. The predicted molar refractivity (Wildman–Crippen MR) is 188 cm³/mol. The molecule has 50 heavy (non-hydrogen) atoms. The monoisotopic (exact) mass is 698 g/mol. The summed E-state index contributed by atoms with van der Waals surface area (Å²) in [7, 11) is 0. The summed E-state index contributed by atoms with van der Waals surface area (Å²) in [4.78, 5) is 52.0. The number of esters is 1. The normalized spacial score (nSPS) is 33.6. The number of carboxylic acids is 1. The lowest BCUT2D eigenvalue weighted by atomic mass is 9.43. The fourth-order valence-electron chi connectivity index (χ4n) is 10.6. The highest BCUT2D eigenvalue weighted by Crippen LogP contribution is 2.70. The van der Waals surface area contributed by atoms with Crippen molar-refractivity contribution in [2.24, 2.45) is 45.0 Å². The number of carbonyl (C=O) groups excluding carboxylic acids is 2. The van der Waals surface area contributed by atoms with Crippen LogP contribution in [-0.4, -0.2) is 58.3 Å². The van der Waals surface area contributed by atoms with Gasteiger partial charge in [-0.1, -0.05) is 26.7 Å². The third kappa shape index (κ3) is 8.05. The molecule has 0 spiro atoms. The molecule has 1 amide bonds. The molecule has 0 radical (unpaired) electrons. The average molecular weight is 699 g/mol. The standard InChI is InChI=1S/C38H58N4O8/c1-36-18-15-26(50-33(45)10-6-4-3-5-9-31(43)42-30(34(46)47)8-7-21-41-35(39)40)22-25(36)12-13-29-28(36)16-19-37(2)27(17-20-38(29,37)48)24-11-14-32(44)49-23-24/h11,14,23,25-30,48H,3-10,12-13,15-22H2,1-2H3,(H,42,43)(H,46,47)(H4,39,40,41)/t25-,26+,27-,28-,29+,30+,36+,37-,38+/m1/s1. The lowest BCUT2D eigenvalue weighted by Gasteiger charge is -2.63. The van der Waals surface area contributed by atoms with E-state index >= 15 is 0 Å². The molecule has 7 N–H and O–H groups in total. The summed E-state index contributed by atoms with van der Waals surface area (Å²) in [6.07, 6.45) is 14.1. The van der Waals surface area contributed by atoms with Gasteiger partial charge in [0.1, 0.15) is 12.1 Å². The molecule has 1 heterocycles. The highest BCUT2D eigenvalue weighted by molar-refractivity contribution is 5.83. The zero-order valence-electron chi connectivity index (χ0n) is 29.9. The molecular formula is C38H58N4O8. The van der Waals surface area contributed by atoms with E-state index in [9.17, 15) is 29.4 Å². The van der Waals surface area contributed by atoms with Crippen molar-refractivity contribution in [3.05, 3.63) is 34.4 Å². The van der Waals surface area contributed by atoms with Gasteiger partial charge in [0.05, 0.1) is 11.9 Å². The average Bonchev–Trinajstić information content (AvgIpc) is 3.35. The minimum absolute atomic E-state index is 0.0506. The molecule has 4 fully saturated rings. The van der Waals surface area contributed by atoms with Gasteiger partial charge < -0.3 is 36.2 Å². The van der Waals surface area contributed by atoms with Crippen LogP contribution in [0.25, 0.3) is 0 Å². The number of aliphatic carboxylic acids is 1. The zero-order valence-corrected chi connectivity index (χ0v) is 29.9. The van der Waals surface area contributed by atoms with E-state index in [2.05, 4.69) is 24.2 Å². The minimum Gasteiger partial charge on any atom is -0.480 e. The number of ether oxygens (including phenoxy) is 1. The first kappa shape index (κ1) is 37.8. The first-order chi connectivity index (χ1) is 23.8. The number of fused-ring (bicyclic) bond motifs is 5. The second-order valence-electron chi connectivity index (χ2n) is 16.1. The van der Waals surface area contributed by atoms with E-state index in [1.165, 1.54) is 6.07 Å². The van der Waals surface area contributed by atoms with Crippen molar-refractivity contribution in [2.45, 2.75) is 147 Å². The molecule has 0 aliphatic heterocycles. The van der Waals surface area contributed by atoms with Crippen molar-refractivity contribution in [1.82, 2.24) is 5.32 Å². The Morgan fingerprint density at radius 2 is 1.74 bits per heavy atom. The Morgan fingerprint density at radius 1 is 0.980 bits per heavy atom. The van der Waals surface area contributed by atoms with Gasteiger partial charge in [-0.3, -0.25) is 14.6 Å². The van der Waals surface area contributed by atoms with Crippen molar-refractivity contribution < 1.29 is 33.8 Å². The van der Waals surface area contributed by atoms with Crippen LogP contribution >= 0.6 is 0 Å². The smallest absolute Gasteiger partial charge is 0.335 e.